The van der Waals surface area contributed by atoms with E-state index in [1.54, 1.807) is 0 Å². The maximum absolute atomic E-state index is 10.1. The number of anilines is 1. The first kappa shape index (κ1) is 16.6. The largest absolute Gasteiger partial charge is 0.395 e. The summed E-state index contributed by atoms with van der Waals surface area (Å²) in [7, 11) is 0. The predicted molar refractivity (Wildman–Crippen MR) is 81.3 cm³/mol. The van der Waals surface area contributed by atoms with Gasteiger partial charge in [0, 0.05) is 6.42 Å². The highest BCUT2D eigenvalue weighted by Crippen LogP contribution is 2.31. The second kappa shape index (κ2) is 6.68. The Morgan fingerprint density at radius 3 is 2.71 bits per heavy atom. The van der Waals surface area contributed by atoms with Gasteiger partial charge in [0.15, 0.2) is 17.7 Å². The molecule has 10 nitrogen and oxygen atoms in total. The van der Waals surface area contributed by atoms with Gasteiger partial charge in [-0.05, 0) is 5.92 Å². The molecule has 10 heteroatoms. The number of aromatic nitrogens is 4. The molecule has 4 atom stereocenters. The second-order valence-corrected chi connectivity index (χ2v) is 5.26. The molecule has 24 heavy (non-hydrogen) atoms. The normalized spacial score (nSPS) is 26.5. The molecule has 0 bridgehead atoms. The van der Waals surface area contributed by atoms with Crippen LogP contribution in [0.4, 0.5) is 5.82 Å². The van der Waals surface area contributed by atoms with Crippen molar-refractivity contribution in [2.45, 2.75) is 31.0 Å². The van der Waals surface area contributed by atoms with Gasteiger partial charge in [0.1, 0.15) is 23.8 Å². The first-order valence-corrected chi connectivity index (χ1v) is 7.29. The summed E-state index contributed by atoms with van der Waals surface area (Å²) < 4.78 is 6.88. The number of hydrogen-bond acceptors (Lipinski definition) is 9. The molecule has 1 fully saturated rings. The van der Waals surface area contributed by atoms with Crippen molar-refractivity contribution in [3.63, 3.8) is 0 Å². The molecule has 0 spiro atoms. The minimum absolute atomic E-state index is 0.0782. The Morgan fingerprint density at radius 2 is 2.04 bits per heavy atom. The van der Waals surface area contributed by atoms with Crippen LogP contribution in [0.25, 0.3) is 11.2 Å². The molecule has 1 aliphatic heterocycles. The first-order chi connectivity index (χ1) is 11.6. The number of rotatable bonds is 3. The van der Waals surface area contributed by atoms with Crippen molar-refractivity contribution < 1.29 is 25.2 Å². The number of aliphatic hydroxyl groups excluding tert-OH is 4. The third-order valence-corrected chi connectivity index (χ3v) is 3.68. The molecule has 3 rings (SSSR count). The van der Waals surface area contributed by atoms with Crippen LogP contribution in [0.1, 0.15) is 18.5 Å². The van der Waals surface area contributed by atoms with Gasteiger partial charge in [-0.15, -0.1) is 0 Å². The first-order valence-electron chi connectivity index (χ1n) is 7.29. The van der Waals surface area contributed by atoms with Gasteiger partial charge in [-0.3, -0.25) is 4.57 Å². The lowest BCUT2D eigenvalue weighted by Gasteiger charge is -2.16. The maximum Gasteiger partial charge on any atom is 0.208 e. The van der Waals surface area contributed by atoms with Gasteiger partial charge in [0.25, 0.3) is 0 Å². The Labute approximate surface area is 136 Å². The van der Waals surface area contributed by atoms with Crippen LogP contribution < -0.4 is 5.73 Å². The summed E-state index contributed by atoms with van der Waals surface area (Å²) >= 11 is 0. The van der Waals surface area contributed by atoms with Gasteiger partial charge < -0.3 is 30.9 Å². The lowest BCUT2D eigenvalue weighted by Crippen LogP contribution is -2.33. The van der Waals surface area contributed by atoms with Crippen molar-refractivity contribution >= 4 is 17.0 Å². The fourth-order valence-electron chi connectivity index (χ4n) is 2.49. The zero-order valence-corrected chi connectivity index (χ0v) is 12.6. The number of ether oxygens (including phenoxy) is 1. The van der Waals surface area contributed by atoms with Gasteiger partial charge in [-0.1, -0.05) is 5.92 Å². The van der Waals surface area contributed by atoms with Gasteiger partial charge >= 0.3 is 0 Å². The van der Waals surface area contributed by atoms with E-state index < -0.39 is 31.1 Å². The molecule has 6 N–H and O–H groups in total. The molecule has 2 aromatic rings. The molecule has 0 amide bonds. The van der Waals surface area contributed by atoms with Crippen LogP contribution in [0.3, 0.4) is 0 Å². The SMILES string of the molecule is Nc1nc(C#CCCO)nc2c1ncn2[C@@H]1O[C@H](CO)[C@@H](O)[C@H]1O. The van der Waals surface area contributed by atoms with E-state index in [4.69, 9.17) is 15.6 Å². The van der Waals surface area contributed by atoms with Gasteiger partial charge in [0.2, 0.25) is 5.82 Å². The van der Waals surface area contributed by atoms with Crippen LogP contribution in [-0.4, -0.2) is 71.5 Å². The average molecular weight is 335 g/mol. The van der Waals surface area contributed by atoms with Crippen LogP contribution in [0, 0.1) is 11.8 Å². The smallest absolute Gasteiger partial charge is 0.208 e. The highest BCUT2D eigenvalue weighted by atomic mass is 16.6. The van der Waals surface area contributed by atoms with E-state index in [1.165, 1.54) is 10.9 Å². The molecule has 1 aliphatic rings. The predicted octanol–water partition coefficient (Wildman–Crippen LogP) is -2.25. The van der Waals surface area contributed by atoms with E-state index in [0.29, 0.717) is 5.52 Å². The molecule has 1 saturated heterocycles. The Bertz CT molecular complexity index is 798. The number of aliphatic hydroxyl groups is 4. The quantitative estimate of drug-likeness (QED) is 0.390. The maximum atomic E-state index is 10.1. The van der Waals surface area contributed by atoms with Crippen LogP contribution in [0.5, 0.6) is 0 Å². The van der Waals surface area contributed by atoms with E-state index in [2.05, 4.69) is 26.8 Å². The van der Waals surface area contributed by atoms with Crippen molar-refractivity contribution in [1.29, 1.82) is 0 Å². The summed E-state index contributed by atoms with van der Waals surface area (Å²) in [5, 5.41) is 38.0. The summed E-state index contributed by atoms with van der Waals surface area (Å²) in [5.41, 5.74) is 6.44. The number of nitrogens with two attached hydrogens (primary N) is 1. The number of nitrogens with zero attached hydrogens (tertiary/aromatic N) is 4. The van der Waals surface area contributed by atoms with Crippen LogP contribution in [0.2, 0.25) is 0 Å². The van der Waals surface area contributed by atoms with E-state index in [1.807, 2.05) is 0 Å². The van der Waals surface area contributed by atoms with Crippen molar-refractivity contribution in [3.05, 3.63) is 12.2 Å². The zero-order chi connectivity index (χ0) is 17.3. The van der Waals surface area contributed by atoms with Crippen molar-refractivity contribution in [2.24, 2.45) is 0 Å². The average Bonchev–Trinajstić information content (AvgIpc) is 3.10. The molecular weight excluding hydrogens is 318 g/mol. The fourth-order valence-corrected chi connectivity index (χ4v) is 2.49. The Morgan fingerprint density at radius 1 is 1.25 bits per heavy atom. The molecule has 2 aromatic heterocycles. The van der Waals surface area contributed by atoms with E-state index in [9.17, 15) is 15.3 Å². The third-order valence-electron chi connectivity index (χ3n) is 3.68. The number of imidazole rings is 1. The topological polar surface area (TPSA) is 160 Å². The van der Waals surface area contributed by atoms with E-state index >= 15 is 0 Å². The van der Waals surface area contributed by atoms with Crippen LogP contribution in [-0.2, 0) is 4.74 Å². The molecular formula is C14H17N5O5. The Kier molecular flexibility index (Phi) is 4.61. The van der Waals surface area contributed by atoms with Crippen molar-refractivity contribution in [1.82, 2.24) is 19.5 Å². The number of fused-ring (bicyclic) bond motifs is 1. The lowest BCUT2D eigenvalue weighted by atomic mass is 10.1. The summed E-state index contributed by atoms with van der Waals surface area (Å²) in [4.78, 5) is 12.4. The van der Waals surface area contributed by atoms with Crippen LogP contribution in [0.15, 0.2) is 6.33 Å². The minimum atomic E-state index is -1.26. The minimum Gasteiger partial charge on any atom is -0.395 e. The zero-order valence-electron chi connectivity index (χ0n) is 12.6. The molecule has 0 aromatic carbocycles. The number of nitrogen functional groups attached to an aromatic ring is 1. The molecule has 0 saturated carbocycles. The van der Waals surface area contributed by atoms with Gasteiger partial charge in [0.05, 0.1) is 19.5 Å². The standard InChI is InChI=1S/C14H17N5O5/c15-12-9-13(18-8(17-12)3-1-2-4-20)19(6-16-9)14-11(23)10(22)7(5-21)24-14/h6-7,10-11,14,20-23H,2,4-5H2,(H2,15,17,18)/t7-,10-,11-,14-/m1/s1. The highest BCUT2D eigenvalue weighted by molar-refractivity contribution is 5.82. The van der Waals surface area contributed by atoms with Crippen molar-refractivity contribution in [2.75, 3.05) is 18.9 Å². The number of hydrogen-bond donors (Lipinski definition) is 5. The summed E-state index contributed by atoms with van der Waals surface area (Å²) in [5.74, 6) is 5.62. The van der Waals surface area contributed by atoms with Gasteiger partial charge in [-0.2, -0.15) is 0 Å². The van der Waals surface area contributed by atoms with Crippen molar-refractivity contribution in [3.8, 4) is 11.8 Å². The molecule has 0 unspecified atom stereocenters. The molecule has 128 valence electrons. The highest BCUT2D eigenvalue weighted by Gasteiger charge is 2.44. The third kappa shape index (κ3) is 2.79. The molecule has 0 radical (unpaired) electrons. The van der Waals surface area contributed by atoms with E-state index in [-0.39, 0.29) is 30.3 Å². The fraction of sp³-hybridized carbons (Fsp3) is 0.500. The molecule has 3 heterocycles. The summed E-state index contributed by atoms with van der Waals surface area (Å²) in [6.07, 6.45) is -2.75. The van der Waals surface area contributed by atoms with Crippen LogP contribution >= 0.6 is 0 Å². The molecule has 0 aliphatic carbocycles. The van der Waals surface area contributed by atoms with Gasteiger partial charge in [-0.25, -0.2) is 15.0 Å². The second-order valence-electron chi connectivity index (χ2n) is 5.26. The Hall–Kier alpha value is -2.29. The monoisotopic (exact) mass is 335 g/mol. The van der Waals surface area contributed by atoms with E-state index in [0.717, 1.165) is 0 Å². The lowest BCUT2D eigenvalue weighted by molar-refractivity contribution is -0.0511. The Balaban J connectivity index is 2.02. The summed E-state index contributed by atoms with van der Waals surface area (Å²) in [6.45, 7) is -0.512. The summed E-state index contributed by atoms with van der Waals surface area (Å²) in [6, 6.07) is 0.